The van der Waals surface area contributed by atoms with Crippen molar-refractivity contribution >= 4 is 64.1 Å². The Labute approximate surface area is 429 Å². The molecule has 5 heterocycles. The zero-order valence-electron chi connectivity index (χ0n) is 41.5. The standard InChI is InChI=1S/C52H58FN9O13/c1-3-30-32-20-39-49-33(25-62(39)51(71)34(32)26-75-52(30)72)48-36(10-9-31-28(2)35(53)21-37(60-49)47(31)48)58-41(64)14-17-74-27-57-43(66)23-56-50(70)38(19-29-7-5-4-6-8-29)59-44(67)24-55-42(65)22-54-40(63)13-16-73-18-15-61-45(68)11-12-46(61)69/h4-8,20-21,30,36,38H,3,9-19,22-27H2,1-2H3,(H,54,63)(H,55,65)(H,56,70)(H,57,66)(H,58,64)(H,59,67). The molecule has 1 aliphatic carbocycles. The van der Waals surface area contributed by atoms with Gasteiger partial charge in [0.05, 0.1) is 93.4 Å². The summed E-state index contributed by atoms with van der Waals surface area (Å²) >= 11 is 0. The van der Waals surface area contributed by atoms with Gasteiger partial charge in [0.25, 0.3) is 5.56 Å². The number of nitrogens with one attached hydrogen (secondary N) is 6. The minimum absolute atomic E-state index is 0.00913. The number of pyridine rings is 2. The van der Waals surface area contributed by atoms with Gasteiger partial charge in [0.15, 0.2) is 0 Å². The van der Waals surface area contributed by atoms with Crippen molar-refractivity contribution in [2.24, 2.45) is 0 Å². The normalized spacial score (nSPS) is 16.6. The minimum atomic E-state index is -1.15. The highest BCUT2D eigenvalue weighted by Gasteiger charge is 2.38. The highest BCUT2D eigenvalue weighted by atomic mass is 19.1. The Bertz CT molecular complexity index is 3000. The highest BCUT2D eigenvalue weighted by molar-refractivity contribution is 6.02. The molecule has 0 radical (unpaired) electrons. The molecule has 6 N–H and O–H groups in total. The molecule has 0 saturated carbocycles. The number of carbonyl (C=O) groups excluding carboxylic acids is 9. The number of ether oxygens (including phenoxy) is 3. The summed E-state index contributed by atoms with van der Waals surface area (Å²) in [5.74, 6) is -5.51. The lowest BCUT2D eigenvalue weighted by Gasteiger charge is -2.29. The summed E-state index contributed by atoms with van der Waals surface area (Å²) < 4.78 is 33.2. The topological polar surface area (TPSA) is 292 Å². The van der Waals surface area contributed by atoms with Crippen molar-refractivity contribution in [2.75, 3.05) is 52.7 Å². The van der Waals surface area contributed by atoms with Crippen LogP contribution < -0.4 is 37.5 Å². The molecule has 23 heteroatoms. The predicted molar refractivity (Wildman–Crippen MR) is 263 cm³/mol. The number of nitrogens with zero attached hydrogens (tertiary/aromatic N) is 3. The number of esters is 1. The third-order valence-corrected chi connectivity index (χ3v) is 13.7. The van der Waals surface area contributed by atoms with Crippen molar-refractivity contribution in [2.45, 2.75) is 96.4 Å². The van der Waals surface area contributed by atoms with Crippen molar-refractivity contribution < 1.29 is 61.8 Å². The van der Waals surface area contributed by atoms with Gasteiger partial charge in [0.1, 0.15) is 25.2 Å². The zero-order valence-corrected chi connectivity index (χ0v) is 41.5. The lowest BCUT2D eigenvalue weighted by Crippen LogP contribution is -2.52. The molecule has 4 aliphatic rings. The number of hydrogen-bond acceptors (Lipinski definition) is 14. The number of halogens is 1. The van der Waals surface area contributed by atoms with E-state index in [0.29, 0.717) is 58.4 Å². The summed E-state index contributed by atoms with van der Waals surface area (Å²) in [6.45, 7) is 1.91. The van der Waals surface area contributed by atoms with Crippen molar-refractivity contribution in [3.63, 3.8) is 0 Å². The molecule has 3 atom stereocenters. The molecule has 0 spiro atoms. The molecule has 22 nitrogen and oxygen atoms in total. The van der Waals surface area contributed by atoms with E-state index in [1.807, 2.05) is 13.0 Å². The molecule has 0 bridgehead atoms. The molecule has 8 rings (SSSR count). The third-order valence-electron chi connectivity index (χ3n) is 13.7. The van der Waals surface area contributed by atoms with Gasteiger partial charge in [0.2, 0.25) is 47.3 Å². The lowest BCUT2D eigenvalue weighted by atomic mass is 9.81. The maximum atomic E-state index is 15.3. The summed E-state index contributed by atoms with van der Waals surface area (Å²) in [5, 5.41) is 16.2. The van der Waals surface area contributed by atoms with E-state index in [-0.39, 0.29) is 102 Å². The number of fused-ring (bicyclic) bond motifs is 5. The summed E-state index contributed by atoms with van der Waals surface area (Å²) in [4.78, 5) is 133. The van der Waals surface area contributed by atoms with Crippen LogP contribution in [0.4, 0.5) is 4.39 Å². The molecular formula is C52H58FN9O13. The number of hydrogen-bond donors (Lipinski definition) is 6. The third kappa shape index (κ3) is 12.4. The molecule has 2 aromatic carbocycles. The van der Waals surface area contributed by atoms with Crippen LogP contribution in [0.15, 0.2) is 47.3 Å². The van der Waals surface area contributed by atoms with Gasteiger partial charge in [-0.2, -0.15) is 0 Å². The van der Waals surface area contributed by atoms with Gasteiger partial charge in [-0.25, -0.2) is 9.37 Å². The average molecular weight is 1040 g/mol. The fraction of sp³-hybridized carbons (Fsp3) is 0.442. The Hall–Kier alpha value is -7.92. The Balaban J connectivity index is 0.780. The van der Waals surface area contributed by atoms with Gasteiger partial charge < -0.3 is 50.7 Å². The Morgan fingerprint density at radius 1 is 0.800 bits per heavy atom. The fourth-order valence-corrected chi connectivity index (χ4v) is 9.82. The van der Waals surface area contributed by atoms with Crippen molar-refractivity contribution in [1.29, 1.82) is 0 Å². The second-order valence-corrected chi connectivity index (χ2v) is 18.6. The Morgan fingerprint density at radius 2 is 1.49 bits per heavy atom. The number of carbonyl (C=O) groups is 9. The molecular weight excluding hydrogens is 978 g/mol. The van der Waals surface area contributed by atoms with Crippen LogP contribution in [0, 0.1) is 12.7 Å². The van der Waals surface area contributed by atoms with E-state index in [4.69, 9.17) is 19.2 Å². The van der Waals surface area contributed by atoms with E-state index >= 15 is 4.39 Å². The van der Waals surface area contributed by atoms with Gasteiger partial charge in [-0.15, -0.1) is 0 Å². The van der Waals surface area contributed by atoms with E-state index < -0.39 is 79.0 Å². The maximum Gasteiger partial charge on any atom is 0.313 e. The van der Waals surface area contributed by atoms with Crippen LogP contribution in [-0.2, 0) is 83.4 Å². The van der Waals surface area contributed by atoms with Gasteiger partial charge in [-0.3, -0.25) is 52.8 Å². The Morgan fingerprint density at radius 3 is 2.25 bits per heavy atom. The monoisotopic (exact) mass is 1040 g/mol. The summed E-state index contributed by atoms with van der Waals surface area (Å²) in [7, 11) is 0. The van der Waals surface area contributed by atoms with Crippen LogP contribution in [0.3, 0.4) is 0 Å². The molecule has 1 fully saturated rings. The van der Waals surface area contributed by atoms with Crippen LogP contribution in [0.25, 0.3) is 22.3 Å². The second kappa shape index (κ2) is 24.0. The molecule has 4 aromatic rings. The molecule has 2 aromatic heterocycles. The number of aryl methyl sites for hydroxylation is 1. The lowest BCUT2D eigenvalue weighted by molar-refractivity contribution is -0.148. The van der Waals surface area contributed by atoms with E-state index in [0.717, 1.165) is 27.0 Å². The number of rotatable bonds is 23. The van der Waals surface area contributed by atoms with Crippen LogP contribution in [0.2, 0.25) is 0 Å². The van der Waals surface area contributed by atoms with Crippen molar-refractivity contribution in [3.05, 3.63) is 97.6 Å². The van der Waals surface area contributed by atoms with E-state index in [9.17, 15) is 47.9 Å². The molecule has 8 amide bonds. The molecule has 3 unspecified atom stereocenters. The number of aromatic nitrogens is 2. The number of cyclic esters (lactones) is 1. The number of likely N-dealkylation sites (tertiary alicyclic amines) is 1. The maximum absolute atomic E-state index is 15.3. The molecule has 3 aliphatic heterocycles. The van der Waals surface area contributed by atoms with Crippen LogP contribution >= 0.6 is 0 Å². The van der Waals surface area contributed by atoms with E-state index in [1.165, 1.54) is 6.07 Å². The van der Waals surface area contributed by atoms with Crippen molar-refractivity contribution in [3.8, 4) is 11.4 Å². The molecule has 75 heavy (non-hydrogen) atoms. The first-order valence-electron chi connectivity index (χ1n) is 24.9. The fourth-order valence-electron chi connectivity index (χ4n) is 9.82. The zero-order chi connectivity index (χ0) is 53.3. The summed E-state index contributed by atoms with van der Waals surface area (Å²) in [6, 6.07) is 10.3. The highest BCUT2D eigenvalue weighted by Crippen LogP contribution is 2.45. The van der Waals surface area contributed by atoms with Crippen LogP contribution in [0.5, 0.6) is 0 Å². The smallest absolute Gasteiger partial charge is 0.313 e. The minimum Gasteiger partial charge on any atom is -0.460 e. The van der Waals surface area contributed by atoms with Gasteiger partial charge in [-0.05, 0) is 60.1 Å². The first-order valence-corrected chi connectivity index (χ1v) is 24.9. The van der Waals surface area contributed by atoms with Gasteiger partial charge >= 0.3 is 5.97 Å². The van der Waals surface area contributed by atoms with Gasteiger partial charge in [-0.1, -0.05) is 37.3 Å². The predicted octanol–water partition coefficient (Wildman–Crippen LogP) is 0.639. The Kier molecular flexibility index (Phi) is 17.1. The largest absolute Gasteiger partial charge is 0.460 e. The number of benzene rings is 2. The summed E-state index contributed by atoms with van der Waals surface area (Å²) in [6.07, 6.45) is 1.57. The molecule has 396 valence electrons. The first kappa shape index (κ1) is 53.4. The van der Waals surface area contributed by atoms with Crippen molar-refractivity contribution in [1.82, 2.24) is 46.4 Å². The molecule has 1 saturated heterocycles. The van der Waals surface area contributed by atoms with Gasteiger partial charge in [0, 0.05) is 42.7 Å². The SMILES string of the molecule is CCC1C(=O)OCc2c1cc1n(c2=O)Cc2c-1nc1cc(F)c(C)c3c1c2C(NC(=O)CCOCNC(=O)CNC(=O)C(Cc1ccccc1)NC(=O)CNC(=O)CNC(=O)CCOCCN1C(=O)CCC1=O)CC3. The quantitative estimate of drug-likeness (QED) is 0.0227. The first-order chi connectivity index (χ1) is 36.1. The van der Waals surface area contributed by atoms with Crippen LogP contribution in [-0.4, -0.2) is 126 Å². The second-order valence-electron chi connectivity index (χ2n) is 18.6. The number of imide groups is 1. The van der Waals surface area contributed by atoms with E-state index in [2.05, 4.69) is 31.9 Å². The summed E-state index contributed by atoms with van der Waals surface area (Å²) in [5.41, 5.74) is 5.57. The van der Waals surface area contributed by atoms with E-state index in [1.54, 1.807) is 41.8 Å². The van der Waals surface area contributed by atoms with Crippen LogP contribution in [0.1, 0.15) is 96.4 Å². The number of amides is 8. The average Bonchev–Trinajstić information content (AvgIpc) is 3.96.